The van der Waals surface area contributed by atoms with Crippen LogP contribution < -0.4 is 0 Å². The predicted octanol–water partition coefficient (Wildman–Crippen LogP) is 3.14. The lowest BCUT2D eigenvalue weighted by atomic mass is 9.96. The van der Waals surface area contributed by atoms with E-state index in [4.69, 9.17) is 9.47 Å². The number of rotatable bonds is 1. The molecule has 2 aliphatic heterocycles. The van der Waals surface area contributed by atoms with E-state index in [1.807, 2.05) is 43.9 Å². The maximum atomic E-state index is 12.4. The normalized spacial score (nSPS) is 28.8. The molecule has 0 N–H and O–H groups in total. The fourth-order valence-corrected chi connectivity index (χ4v) is 2.73. The van der Waals surface area contributed by atoms with Gasteiger partial charge in [0.1, 0.15) is 11.7 Å². The number of nitrogens with zero attached hydrogens (tertiary/aromatic N) is 1. The number of amides is 1. The molecule has 20 heavy (non-hydrogen) atoms. The molecule has 1 aromatic carbocycles. The molecule has 1 aromatic rings. The van der Waals surface area contributed by atoms with Gasteiger partial charge in [0.25, 0.3) is 0 Å². The molecule has 0 radical (unpaired) electrons. The Hall–Kier alpha value is -1.55. The van der Waals surface area contributed by atoms with Gasteiger partial charge in [-0.15, -0.1) is 0 Å². The quantitative estimate of drug-likeness (QED) is 0.739. The van der Waals surface area contributed by atoms with Crippen LogP contribution in [0.1, 0.15) is 38.8 Å². The number of piperidine rings is 1. The average molecular weight is 275 g/mol. The van der Waals surface area contributed by atoms with Gasteiger partial charge in [-0.3, -0.25) is 4.90 Å². The van der Waals surface area contributed by atoms with Crippen molar-refractivity contribution in [3.63, 3.8) is 0 Å². The van der Waals surface area contributed by atoms with Gasteiger partial charge < -0.3 is 9.47 Å². The zero-order valence-electron chi connectivity index (χ0n) is 12.2. The van der Waals surface area contributed by atoms with E-state index in [1.165, 1.54) is 0 Å². The number of benzene rings is 1. The van der Waals surface area contributed by atoms with Crippen molar-refractivity contribution in [1.29, 1.82) is 0 Å². The van der Waals surface area contributed by atoms with Crippen LogP contribution in [0.5, 0.6) is 0 Å². The molecule has 0 bridgehead atoms. The Bertz CT molecular complexity index is 494. The third-order valence-electron chi connectivity index (χ3n) is 3.71. The second kappa shape index (κ2) is 4.77. The zero-order chi connectivity index (χ0) is 14.3. The Balaban J connectivity index is 1.80. The first-order chi connectivity index (χ1) is 9.44. The van der Waals surface area contributed by atoms with Crippen LogP contribution in [0.2, 0.25) is 0 Å². The fourth-order valence-electron chi connectivity index (χ4n) is 2.73. The van der Waals surface area contributed by atoms with E-state index in [0.29, 0.717) is 12.6 Å². The summed E-state index contributed by atoms with van der Waals surface area (Å²) < 4.78 is 11.1. The third kappa shape index (κ3) is 2.80. The van der Waals surface area contributed by atoms with Crippen molar-refractivity contribution in [2.75, 3.05) is 6.54 Å². The van der Waals surface area contributed by atoms with Crippen molar-refractivity contribution in [2.24, 2.45) is 0 Å². The first-order valence-electron chi connectivity index (χ1n) is 7.14. The monoisotopic (exact) mass is 275 g/mol. The van der Waals surface area contributed by atoms with E-state index in [-0.39, 0.29) is 18.2 Å². The topological polar surface area (TPSA) is 42.1 Å². The summed E-state index contributed by atoms with van der Waals surface area (Å²) in [6, 6.07) is 10.2. The van der Waals surface area contributed by atoms with Crippen LogP contribution >= 0.6 is 0 Å². The van der Waals surface area contributed by atoms with Crippen LogP contribution in [0.4, 0.5) is 4.79 Å². The third-order valence-corrected chi connectivity index (χ3v) is 3.71. The Labute approximate surface area is 119 Å². The maximum Gasteiger partial charge on any atom is 0.410 e. The molecular formula is C16H21NO3. The largest absolute Gasteiger partial charge is 0.444 e. The highest BCUT2D eigenvalue weighted by Crippen LogP contribution is 2.41. The average Bonchev–Trinajstić information content (AvgIpc) is 3.14. The highest BCUT2D eigenvalue weighted by atomic mass is 16.6. The lowest BCUT2D eigenvalue weighted by Crippen LogP contribution is -2.44. The van der Waals surface area contributed by atoms with Crippen LogP contribution in [-0.2, 0) is 9.47 Å². The number of carbonyl (C=O) groups is 1. The Morgan fingerprint density at radius 3 is 2.60 bits per heavy atom. The summed E-state index contributed by atoms with van der Waals surface area (Å²) in [4.78, 5) is 14.2. The summed E-state index contributed by atoms with van der Waals surface area (Å²) in [6.07, 6.45) is 1.11. The van der Waals surface area contributed by atoms with Crippen molar-refractivity contribution >= 4 is 6.09 Å². The minimum atomic E-state index is -0.473. The van der Waals surface area contributed by atoms with Gasteiger partial charge in [-0.2, -0.15) is 0 Å². The summed E-state index contributed by atoms with van der Waals surface area (Å²) in [5, 5.41) is 0. The first-order valence-corrected chi connectivity index (χ1v) is 7.14. The molecule has 2 aliphatic rings. The molecule has 2 heterocycles. The van der Waals surface area contributed by atoms with Crippen molar-refractivity contribution < 1.29 is 14.3 Å². The molecule has 0 aliphatic carbocycles. The minimum absolute atomic E-state index is 0.0507. The van der Waals surface area contributed by atoms with Gasteiger partial charge in [0.15, 0.2) is 0 Å². The van der Waals surface area contributed by atoms with Crippen LogP contribution in [-0.4, -0.2) is 35.3 Å². The summed E-state index contributed by atoms with van der Waals surface area (Å²) in [5.41, 5.74) is 0.673. The molecule has 0 unspecified atom stereocenters. The predicted molar refractivity (Wildman–Crippen MR) is 75.4 cm³/mol. The van der Waals surface area contributed by atoms with Crippen LogP contribution in [0, 0.1) is 0 Å². The Morgan fingerprint density at radius 1 is 1.25 bits per heavy atom. The molecule has 0 spiro atoms. The van der Waals surface area contributed by atoms with Gasteiger partial charge >= 0.3 is 6.09 Å². The summed E-state index contributed by atoms with van der Waals surface area (Å²) >= 11 is 0. The number of fused-ring (bicyclic) bond motifs is 1. The van der Waals surface area contributed by atoms with Gasteiger partial charge in [-0.05, 0) is 26.3 Å². The van der Waals surface area contributed by atoms with Gasteiger partial charge in [-0.1, -0.05) is 30.3 Å². The molecule has 2 fully saturated rings. The van der Waals surface area contributed by atoms with Gasteiger partial charge in [0.2, 0.25) is 0 Å². The number of carbonyl (C=O) groups excluding carboxylic acids is 1. The van der Waals surface area contributed by atoms with Gasteiger partial charge in [0.05, 0.1) is 18.7 Å². The molecule has 4 nitrogen and oxygen atoms in total. The standard InChI is InChI=1S/C16H21NO3/c1-16(2,3)20-15(18)17-10-14-13(19-14)9-12(17)11-7-5-4-6-8-11/h4-8,12-14H,9-10H2,1-3H3/t12-,13+,14-/m1/s1. The molecule has 108 valence electrons. The minimum Gasteiger partial charge on any atom is -0.444 e. The molecule has 3 atom stereocenters. The summed E-state index contributed by atoms with van der Waals surface area (Å²) in [6.45, 7) is 6.30. The van der Waals surface area contributed by atoms with E-state index < -0.39 is 5.60 Å². The summed E-state index contributed by atoms with van der Waals surface area (Å²) in [7, 11) is 0. The molecular weight excluding hydrogens is 254 g/mol. The molecule has 2 saturated heterocycles. The molecule has 0 aromatic heterocycles. The Kier molecular flexibility index (Phi) is 3.21. The van der Waals surface area contributed by atoms with Crippen molar-refractivity contribution in [3.05, 3.63) is 35.9 Å². The molecule has 4 heteroatoms. The smallest absolute Gasteiger partial charge is 0.410 e. The van der Waals surface area contributed by atoms with Gasteiger partial charge in [-0.25, -0.2) is 4.79 Å². The Morgan fingerprint density at radius 2 is 1.95 bits per heavy atom. The SMILES string of the molecule is CC(C)(C)OC(=O)N1C[C@H]2O[C@H]2C[C@@H]1c1ccccc1. The van der Waals surface area contributed by atoms with Crippen molar-refractivity contribution in [3.8, 4) is 0 Å². The van der Waals surface area contributed by atoms with Crippen LogP contribution in [0.3, 0.4) is 0 Å². The maximum absolute atomic E-state index is 12.4. The summed E-state index contributed by atoms with van der Waals surface area (Å²) in [5.74, 6) is 0. The van der Waals surface area contributed by atoms with Crippen LogP contribution in [0.25, 0.3) is 0 Å². The van der Waals surface area contributed by atoms with E-state index in [0.717, 1.165) is 12.0 Å². The number of ether oxygens (including phenoxy) is 2. The number of hydrogen-bond acceptors (Lipinski definition) is 3. The van der Waals surface area contributed by atoms with Crippen molar-refractivity contribution in [1.82, 2.24) is 4.90 Å². The number of likely N-dealkylation sites (tertiary alicyclic amines) is 1. The zero-order valence-corrected chi connectivity index (χ0v) is 12.2. The second-order valence-corrected chi connectivity index (χ2v) is 6.51. The van der Waals surface area contributed by atoms with Crippen molar-refractivity contribution in [2.45, 2.75) is 51.0 Å². The molecule has 0 saturated carbocycles. The van der Waals surface area contributed by atoms with E-state index >= 15 is 0 Å². The van der Waals surface area contributed by atoms with Crippen LogP contribution in [0.15, 0.2) is 30.3 Å². The highest BCUT2D eigenvalue weighted by Gasteiger charge is 2.50. The number of epoxide rings is 1. The van der Waals surface area contributed by atoms with E-state index in [9.17, 15) is 4.79 Å². The lowest BCUT2D eigenvalue weighted by molar-refractivity contribution is 0.0119. The number of hydrogen-bond donors (Lipinski definition) is 0. The highest BCUT2D eigenvalue weighted by molar-refractivity contribution is 5.69. The first kappa shape index (κ1) is 13.4. The van der Waals surface area contributed by atoms with Gasteiger partial charge in [0, 0.05) is 6.42 Å². The molecule has 1 amide bonds. The molecule has 3 rings (SSSR count). The second-order valence-electron chi connectivity index (χ2n) is 6.51. The van der Waals surface area contributed by atoms with E-state index in [1.54, 1.807) is 0 Å². The lowest BCUT2D eigenvalue weighted by Gasteiger charge is -2.35. The fraction of sp³-hybridized carbons (Fsp3) is 0.562. The van der Waals surface area contributed by atoms with E-state index in [2.05, 4.69) is 12.1 Å².